The Kier molecular flexibility index (Phi) is 2.21. The van der Waals surface area contributed by atoms with Gasteiger partial charge in [0.15, 0.2) is 5.58 Å². The molecule has 0 bridgehead atoms. The highest BCUT2D eigenvalue weighted by atomic mass is 16.4. The van der Waals surface area contributed by atoms with E-state index in [4.69, 9.17) is 9.52 Å². The first-order valence-electron chi connectivity index (χ1n) is 4.27. The predicted molar refractivity (Wildman–Crippen MR) is 51.6 cm³/mol. The second-order valence-electron chi connectivity index (χ2n) is 2.99. The summed E-state index contributed by atoms with van der Waals surface area (Å²) in [5.74, 6) is -1.11. The molecule has 1 N–H and O–H groups in total. The molecule has 0 aliphatic heterocycles. The lowest BCUT2D eigenvalue weighted by Crippen LogP contribution is -2.14. The third-order valence-corrected chi connectivity index (χ3v) is 1.88. The Morgan fingerprint density at radius 2 is 2.13 bits per heavy atom. The summed E-state index contributed by atoms with van der Waals surface area (Å²) in [6.07, 6.45) is -0.423. The number of rotatable bonds is 2. The second-order valence-corrected chi connectivity index (χ2v) is 2.99. The molecular weight excluding hydrogens is 198 g/mol. The van der Waals surface area contributed by atoms with Crippen molar-refractivity contribution in [2.45, 2.75) is 6.42 Å². The molecule has 1 aromatic heterocycles. The number of carbonyl (C=O) groups is 1. The van der Waals surface area contributed by atoms with Gasteiger partial charge < -0.3 is 9.52 Å². The summed E-state index contributed by atoms with van der Waals surface area (Å²) in [5.41, 5.74) is 0.0577. The van der Waals surface area contributed by atoms with E-state index in [1.165, 1.54) is 0 Å². The van der Waals surface area contributed by atoms with Crippen LogP contribution in [-0.4, -0.2) is 16.1 Å². The molecule has 0 amide bonds. The number of fused-ring (bicyclic) bond motifs is 1. The average Bonchev–Trinajstić information content (AvgIpc) is 2.18. The van der Waals surface area contributed by atoms with Crippen LogP contribution in [0.25, 0.3) is 11.1 Å². The van der Waals surface area contributed by atoms with Gasteiger partial charge in [0, 0.05) is 0 Å². The molecule has 5 heteroatoms. The van der Waals surface area contributed by atoms with Gasteiger partial charge in [0.05, 0.1) is 6.42 Å². The Bertz CT molecular complexity index is 573. The van der Waals surface area contributed by atoms with Gasteiger partial charge in [-0.1, -0.05) is 12.1 Å². The number of nitrogens with zero attached hydrogens (tertiary/aromatic N) is 1. The van der Waals surface area contributed by atoms with Crippen molar-refractivity contribution in [2.75, 3.05) is 0 Å². The van der Waals surface area contributed by atoms with Crippen LogP contribution in [0.3, 0.4) is 0 Å². The zero-order valence-corrected chi connectivity index (χ0v) is 7.64. The molecule has 2 rings (SSSR count). The first kappa shape index (κ1) is 9.39. The molecule has 0 aliphatic carbocycles. The Morgan fingerprint density at radius 1 is 1.40 bits per heavy atom. The van der Waals surface area contributed by atoms with E-state index in [-0.39, 0.29) is 5.69 Å². The lowest BCUT2D eigenvalue weighted by Gasteiger charge is -1.97. The molecule has 76 valence electrons. The van der Waals surface area contributed by atoms with Crippen molar-refractivity contribution in [3.8, 4) is 0 Å². The standard InChI is InChI=1S/C10H7NO4/c12-9(13)5-7-10(14)15-8-4-2-1-3-6(8)11-7/h1-4H,5H2,(H,12,13). The SMILES string of the molecule is O=C(O)Cc1nc2ccccc2oc1=O. The summed E-state index contributed by atoms with van der Waals surface area (Å²) in [7, 11) is 0. The van der Waals surface area contributed by atoms with Gasteiger partial charge in [-0.15, -0.1) is 0 Å². The molecule has 1 heterocycles. The number of aliphatic carboxylic acids is 1. The van der Waals surface area contributed by atoms with Gasteiger partial charge in [0.1, 0.15) is 11.2 Å². The van der Waals surface area contributed by atoms with Gasteiger partial charge in [0.2, 0.25) is 0 Å². The fourth-order valence-electron chi connectivity index (χ4n) is 1.24. The lowest BCUT2D eigenvalue weighted by molar-refractivity contribution is -0.136. The number of hydrogen-bond acceptors (Lipinski definition) is 4. The lowest BCUT2D eigenvalue weighted by atomic mass is 10.3. The van der Waals surface area contributed by atoms with E-state index in [0.717, 1.165) is 0 Å². The zero-order chi connectivity index (χ0) is 10.8. The number of para-hydroxylation sites is 2. The molecular formula is C10H7NO4. The Labute approximate surface area is 84.0 Å². The Balaban J connectivity index is 2.62. The van der Waals surface area contributed by atoms with E-state index in [1.807, 2.05) is 0 Å². The molecule has 0 unspecified atom stereocenters. The fraction of sp³-hybridized carbons (Fsp3) is 0.100. The van der Waals surface area contributed by atoms with Gasteiger partial charge in [-0.3, -0.25) is 4.79 Å². The van der Waals surface area contributed by atoms with Gasteiger partial charge in [-0.05, 0) is 12.1 Å². The third-order valence-electron chi connectivity index (χ3n) is 1.88. The maximum atomic E-state index is 11.3. The molecule has 0 aliphatic rings. The smallest absolute Gasteiger partial charge is 0.358 e. The molecule has 1 aromatic carbocycles. The fourth-order valence-corrected chi connectivity index (χ4v) is 1.24. The van der Waals surface area contributed by atoms with Gasteiger partial charge in [-0.25, -0.2) is 9.78 Å². The highest BCUT2D eigenvalue weighted by molar-refractivity contribution is 5.73. The van der Waals surface area contributed by atoms with Gasteiger partial charge in [0.25, 0.3) is 0 Å². The molecule has 0 saturated carbocycles. The first-order valence-corrected chi connectivity index (χ1v) is 4.27. The van der Waals surface area contributed by atoms with Crippen LogP contribution in [0.15, 0.2) is 33.5 Å². The predicted octanol–water partition coefficient (Wildman–Crippen LogP) is 0.815. The molecule has 0 saturated heterocycles. The topological polar surface area (TPSA) is 80.4 Å². The van der Waals surface area contributed by atoms with Crippen molar-refractivity contribution in [1.82, 2.24) is 4.98 Å². The van der Waals surface area contributed by atoms with Crippen LogP contribution in [-0.2, 0) is 11.2 Å². The van der Waals surface area contributed by atoms with Crippen LogP contribution in [0.4, 0.5) is 0 Å². The van der Waals surface area contributed by atoms with Gasteiger partial charge in [-0.2, -0.15) is 0 Å². The highest BCUT2D eigenvalue weighted by Gasteiger charge is 2.10. The van der Waals surface area contributed by atoms with Crippen LogP contribution < -0.4 is 5.63 Å². The molecule has 2 aromatic rings. The van der Waals surface area contributed by atoms with Crippen LogP contribution in [0.1, 0.15) is 5.69 Å². The van der Waals surface area contributed by atoms with E-state index in [2.05, 4.69) is 4.98 Å². The third kappa shape index (κ3) is 1.85. The normalized spacial score (nSPS) is 10.4. The summed E-state index contributed by atoms with van der Waals surface area (Å²) in [4.78, 5) is 25.6. The summed E-state index contributed by atoms with van der Waals surface area (Å²) in [5, 5.41) is 8.54. The van der Waals surface area contributed by atoms with Crippen molar-refractivity contribution >= 4 is 17.1 Å². The summed E-state index contributed by atoms with van der Waals surface area (Å²) >= 11 is 0. The first-order chi connectivity index (χ1) is 7.16. The van der Waals surface area contributed by atoms with Crippen LogP contribution in [0, 0.1) is 0 Å². The van der Waals surface area contributed by atoms with Crippen LogP contribution >= 0.6 is 0 Å². The maximum Gasteiger partial charge on any atom is 0.358 e. The van der Waals surface area contributed by atoms with Crippen molar-refractivity contribution in [3.05, 3.63) is 40.4 Å². The second kappa shape index (κ2) is 3.53. The number of carboxylic acid groups (broad SMARTS) is 1. The van der Waals surface area contributed by atoms with Gasteiger partial charge >= 0.3 is 11.6 Å². The van der Waals surface area contributed by atoms with Crippen molar-refractivity contribution in [2.24, 2.45) is 0 Å². The quantitative estimate of drug-likeness (QED) is 0.784. The monoisotopic (exact) mass is 205 g/mol. The molecule has 5 nitrogen and oxygen atoms in total. The minimum atomic E-state index is -1.11. The van der Waals surface area contributed by atoms with Crippen LogP contribution in [0.2, 0.25) is 0 Å². The average molecular weight is 205 g/mol. The number of hydrogen-bond donors (Lipinski definition) is 1. The van der Waals surface area contributed by atoms with E-state index in [9.17, 15) is 9.59 Å². The van der Waals surface area contributed by atoms with Crippen molar-refractivity contribution < 1.29 is 14.3 Å². The number of carboxylic acids is 1. The van der Waals surface area contributed by atoms with Crippen molar-refractivity contribution in [3.63, 3.8) is 0 Å². The molecule has 15 heavy (non-hydrogen) atoms. The van der Waals surface area contributed by atoms with Crippen LogP contribution in [0.5, 0.6) is 0 Å². The largest absolute Gasteiger partial charge is 0.481 e. The van der Waals surface area contributed by atoms with E-state index in [0.29, 0.717) is 11.1 Å². The van der Waals surface area contributed by atoms with E-state index < -0.39 is 18.0 Å². The molecule has 0 atom stereocenters. The summed E-state index contributed by atoms with van der Waals surface area (Å²) in [6, 6.07) is 6.71. The minimum absolute atomic E-state index is 0.0822. The van der Waals surface area contributed by atoms with E-state index >= 15 is 0 Å². The molecule has 0 fully saturated rings. The number of aromatic nitrogens is 1. The maximum absolute atomic E-state index is 11.3. The minimum Gasteiger partial charge on any atom is -0.481 e. The molecule has 0 radical (unpaired) electrons. The summed E-state index contributed by atoms with van der Waals surface area (Å²) in [6.45, 7) is 0. The van der Waals surface area contributed by atoms with E-state index in [1.54, 1.807) is 24.3 Å². The summed E-state index contributed by atoms with van der Waals surface area (Å²) < 4.78 is 4.91. The Hall–Kier alpha value is -2.17. The number of benzene rings is 1. The Morgan fingerprint density at radius 3 is 2.87 bits per heavy atom. The van der Waals surface area contributed by atoms with Crippen molar-refractivity contribution in [1.29, 1.82) is 0 Å². The zero-order valence-electron chi connectivity index (χ0n) is 7.64. The molecule has 0 spiro atoms. The highest BCUT2D eigenvalue weighted by Crippen LogP contribution is 2.08.